The van der Waals surface area contributed by atoms with Crippen molar-refractivity contribution in [3.63, 3.8) is 0 Å². The molecule has 1 saturated heterocycles. The highest BCUT2D eigenvalue weighted by Gasteiger charge is 2.31. The fraction of sp³-hybridized carbons (Fsp3) is 0.400. The number of aliphatic carboxylic acids is 1. The van der Waals surface area contributed by atoms with Gasteiger partial charge in [0.25, 0.3) is 0 Å². The van der Waals surface area contributed by atoms with Crippen LogP contribution in [-0.2, 0) is 9.59 Å². The molecule has 2 aromatic heterocycles. The van der Waals surface area contributed by atoms with Gasteiger partial charge >= 0.3 is 5.97 Å². The van der Waals surface area contributed by atoms with E-state index in [1.54, 1.807) is 23.4 Å². The van der Waals surface area contributed by atoms with E-state index in [2.05, 4.69) is 15.2 Å². The Hall–Kier alpha value is -2.77. The number of carboxylic acids is 1. The number of pyridine rings is 1. The summed E-state index contributed by atoms with van der Waals surface area (Å²) in [7, 11) is 0. The minimum absolute atomic E-state index is 0.0123. The van der Waals surface area contributed by atoms with E-state index in [0.717, 1.165) is 12.0 Å². The molecule has 0 saturated carbocycles. The average molecular weight is 316 g/mol. The highest BCUT2D eigenvalue weighted by atomic mass is 16.4. The predicted octanol–water partition coefficient (Wildman–Crippen LogP) is 1.31. The van der Waals surface area contributed by atoms with Gasteiger partial charge in [-0.05, 0) is 18.6 Å². The second-order valence-corrected chi connectivity index (χ2v) is 5.41. The van der Waals surface area contributed by atoms with E-state index in [1.807, 2.05) is 6.07 Å². The Kier molecular flexibility index (Phi) is 4.31. The van der Waals surface area contributed by atoms with Gasteiger partial charge in [-0.1, -0.05) is 0 Å². The van der Waals surface area contributed by atoms with Crippen LogP contribution in [0.2, 0.25) is 0 Å². The number of hydrogen-bond donors (Lipinski definition) is 1. The van der Waals surface area contributed by atoms with Gasteiger partial charge < -0.3 is 14.4 Å². The largest absolute Gasteiger partial charge is 0.481 e. The molecule has 120 valence electrons. The highest BCUT2D eigenvalue weighted by molar-refractivity contribution is 5.81. The van der Waals surface area contributed by atoms with Crippen LogP contribution in [0.3, 0.4) is 0 Å². The Bertz CT molecular complexity index is 701. The topological polar surface area (TPSA) is 109 Å². The molecular weight excluding hydrogens is 300 g/mol. The van der Waals surface area contributed by atoms with Gasteiger partial charge in [0.15, 0.2) is 0 Å². The van der Waals surface area contributed by atoms with Gasteiger partial charge in [-0.25, -0.2) is 0 Å². The van der Waals surface area contributed by atoms with Gasteiger partial charge in [0.05, 0.1) is 17.9 Å². The molecular formula is C15H16N4O4. The maximum atomic E-state index is 11.9. The molecule has 1 aliphatic rings. The lowest BCUT2D eigenvalue weighted by atomic mass is 10.1. The number of carbonyl (C=O) groups excluding carboxylic acids is 1. The summed E-state index contributed by atoms with van der Waals surface area (Å²) >= 11 is 0. The molecule has 1 aliphatic heterocycles. The molecule has 1 unspecified atom stereocenters. The van der Waals surface area contributed by atoms with Gasteiger partial charge in [-0.15, -0.1) is 10.2 Å². The highest BCUT2D eigenvalue weighted by Crippen LogP contribution is 2.28. The van der Waals surface area contributed by atoms with Crippen molar-refractivity contribution in [1.29, 1.82) is 0 Å². The van der Waals surface area contributed by atoms with Gasteiger partial charge in [-0.3, -0.25) is 14.6 Å². The van der Waals surface area contributed by atoms with Crippen molar-refractivity contribution in [3.05, 3.63) is 30.4 Å². The summed E-state index contributed by atoms with van der Waals surface area (Å²) < 4.78 is 5.69. The van der Waals surface area contributed by atoms with Crippen LogP contribution in [-0.4, -0.2) is 50.2 Å². The minimum Gasteiger partial charge on any atom is -0.481 e. The summed E-state index contributed by atoms with van der Waals surface area (Å²) in [4.78, 5) is 28.1. The number of amides is 1. The monoisotopic (exact) mass is 316 g/mol. The number of carboxylic acid groups (broad SMARTS) is 1. The van der Waals surface area contributed by atoms with Crippen molar-refractivity contribution in [2.75, 3.05) is 13.1 Å². The van der Waals surface area contributed by atoms with Crippen molar-refractivity contribution >= 4 is 11.9 Å². The first kappa shape index (κ1) is 15.1. The molecule has 1 fully saturated rings. The van der Waals surface area contributed by atoms with Crippen LogP contribution in [0.5, 0.6) is 0 Å². The third-order valence-corrected chi connectivity index (χ3v) is 3.79. The number of carbonyl (C=O) groups is 2. The van der Waals surface area contributed by atoms with E-state index in [1.165, 1.54) is 0 Å². The fourth-order valence-electron chi connectivity index (χ4n) is 2.57. The van der Waals surface area contributed by atoms with E-state index >= 15 is 0 Å². The Morgan fingerprint density at radius 1 is 1.35 bits per heavy atom. The van der Waals surface area contributed by atoms with Crippen LogP contribution in [0, 0.1) is 0 Å². The van der Waals surface area contributed by atoms with Crippen molar-refractivity contribution < 1.29 is 19.1 Å². The lowest BCUT2D eigenvalue weighted by Crippen LogP contribution is -2.28. The van der Waals surface area contributed by atoms with E-state index in [4.69, 9.17) is 9.52 Å². The second-order valence-electron chi connectivity index (χ2n) is 5.41. The van der Waals surface area contributed by atoms with Crippen molar-refractivity contribution in [1.82, 2.24) is 20.1 Å². The lowest BCUT2D eigenvalue weighted by Gasteiger charge is -2.14. The van der Waals surface area contributed by atoms with Crippen LogP contribution in [0.4, 0.5) is 0 Å². The number of hydrogen-bond acceptors (Lipinski definition) is 6. The summed E-state index contributed by atoms with van der Waals surface area (Å²) in [6, 6.07) is 3.62. The van der Waals surface area contributed by atoms with Crippen LogP contribution in [0.25, 0.3) is 11.5 Å². The van der Waals surface area contributed by atoms with E-state index in [-0.39, 0.29) is 24.7 Å². The van der Waals surface area contributed by atoms with Crippen molar-refractivity contribution in [3.8, 4) is 11.5 Å². The van der Waals surface area contributed by atoms with Gasteiger partial charge in [0.1, 0.15) is 0 Å². The molecule has 0 aliphatic carbocycles. The number of likely N-dealkylation sites (tertiary alicyclic amines) is 1. The van der Waals surface area contributed by atoms with E-state index in [0.29, 0.717) is 24.9 Å². The Morgan fingerprint density at radius 3 is 2.96 bits per heavy atom. The number of rotatable bonds is 5. The van der Waals surface area contributed by atoms with Gasteiger partial charge in [0.2, 0.25) is 17.7 Å². The molecule has 0 radical (unpaired) electrons. The molecule has 0 spiro atoms. The first-order valence-electron chi connectivity index (χ1n) is 7.37. The normalized spacial score (nSPS) is 17.4. The molecule has 2 aromatic rings. The molecule has 1 N–H and O–H groups in total. The molecule has 8 heteroatoms. The van der Waals surface area contributed by atoms with Gasteiger partial charge in [-0.2, -0.15) is 0 Å². The van der Waals surface area contributed by atoms with E-state index < -0.39 is 5.97 Å². The smallest absolute Gasteiger partial charge is 0.303 e. The van der Waals surface area contributed by atoms with Crippen LogP contribution in [0.1, 0.15) is 31.1 Å². The SMILES string of the molecule is O=C(O)CCC(=O)N1CCC(c2nnc(-c3cccnc3)o2)C1. The zero-order valence-corrected chi connectivity index (χ0v) is 12.4. The van der Waals surface area contributed by atoms with E-state index in [9.17, 15) is 9.59 Å². The maximum absolute atomic E-state index is 11.9. The van der Waals surface area contributed by atoms with Crippen molar-refractivity contribution in [2.24, 2.45) is 0 Å². The zero-order valence-electron chi connectivity index (χ0n) is 12.4. The Labute approximate surface area is 132 Å². The first-order valence-corrected chi connectivity index (χ1v) is 7.37. The molecule has 0 bridgehead atoms. The Balaban J connectivity index is 1.62. The molecule has 3 heterocycles. The maximum Gasteiger partial charge on any atom is 0.303 e. The average Bonchev–Trinajstić information content (AvgIpc) is 3.22. The zero-order chi connectivity index (χ0) is 16.2. The molecule has 3 rings (SSSR count). The first-order chi connectivity index (χ1) is 11.1. The predicted molar refractivity (Wildman–Crippen MR) is 78.3 cm³/mol. The summed E-state index contributed by atoms with van der Waals surface area (Å²) in [6.45, 7) is 1.06. The quantitative estimate of drug-likeness (QED) is 0.885. The molecule has 23 heavy (non-hydrogen) atoms. The third kappa shape index (κ3) is 3.53. The van der Waals surface area contributed by atoms with Crippen LogP contribution >= 0.6 is 0 Å². The summed E-state index contributed by atoms with van der Waals surface area (Å²) in [5.74, 6) is -0.225. The minimum atomic E-state index is -0.966. The second kappa shape index (κ2) is 6.55. The standard InChI is InChI=1S/C15H16N4O4/c20-12(3-4-13(21)22)19-7-5-11(9-19)15-18-17-14(23-15)10-2-1-6-16-8-10/h1-2,6,8,11H,3-5,7,9H2,(H,21,22). The molecule has 0 aromatic carbocycles. The van der Waals surface area contributed by atoms with Crippen LogP contribution < -0.4 is 0 Å². The summed E-state index contributed by atoms with van der Waals surface area (Å²) in [5.41, 5.74) is 0.749. The fourth-order valence-corrected chi connectivity index (χ4v) is 2.57. The van der Waals surface area contributed by atoms with Gasteiger partial charge in [0, 0.05) is 31.9 Å². The van der Waals surface area contributed by atoms with Crippen LogP contribution in [0.15, 0.2) is 28.9 Å². The number of aromatic nitrogens is 3. The molecule has 1 amide bonds. The van der Waals surface area contributed by atoms with Crippen molar-refractivity contribution in [2.45, 2.75) is 25.2 Å². The summed E-state index contributed by atoms with van der Waals surface area (Å²) in [6.07, 6.45) is 3.91. The number of nitrogens with zero attached hydrogens (tertiary/aromatic N) is 4. The summed E-state index contributed by atoms with van der Waals surface area (Å²) in [5, 5.41) is 16.7. The molecule has 8 nitrogen and oxygen atoms in total. The Morgan fingerprint density at radius 2 is 2.22 bits per heavy atom. The third-order valence-electron chi connectivity index (χ3n) is 3.79. The molecule has 1 atom stereocenters. The lowest BCUT2D eigenvalue weighted by molar-refractivity contribution is -0.140.